The van der Waals surface area contributed by atoms with E-state index in [1.165, 1.54) is 6.08 Å². The van der Waals surface area contributed by atoms with Gasteiger partial charge in [-0.25, -0.2) is 0 Å². The Labute approximate surface area is 174 Å². The molecule has 3 aromatic rings. The van der Waals surface area contributed by atoms with E-state index in [4.69, 9.17) is 11.6 Å². The van der Waals surface area contributed by atoms with Crippen LogP contribution >= 0.6 is 11.6 Å². The summed E-state index contributed by atoms with van der Waals surface area (Å²) in [4.78, 5) is 27.3. The van der Waals surface area contributed by atoms with Gasteiger partial charge in [0, 0.05) is 22.3 Å². The third-order valence-electron chi connectivity index (χ3n) is 4.82. The molecule has 144 valence electrons. The van der Waals surface area contributed by atoms with Gasteiger partial charge in [0.2, 0.25) is 11.8 Å². The molecule has 4 nitrogen and oxygen atoms in total. The van der Waals surface area contributed by atoms with E-state index in [9.17, 15) is 9.59 Å². The molecule has 0 bridgehead atoms. The van der Waals surface area contributed by atoms with Crippen molar-refractivity contribution in [1.82, 2.24) is 4.90 Å². The van der Waals surface area contributed by atoms with Gasteiger partial charge in [0.15, 0.2) is 0 Å². The van der Waals surface area contributed by atoms with Crippen molar-refractivity contribution in [3.05, 3.63) is 107 Å². The van der Waals surface area contributed by atoms with E-state index in [2.05, 4.69) is 5.32 Å². The van der Waals surface area contributed by atoms with Crippen LogP contribution < -0.4 is 5.32 Å². The minimum atomic E-state index is -0.434. The van der Waals surface area contributed by atoms with Crippen molar-refractivity contribution in [1.29, 1.82) is 0 Å². The Morgan fingerprint density at radius 2 is 1.69 bits per heavy atom. The average Bonchev–Trinajstić information content (AvgIpc) is 2.89. The smallest absolute Gasteiger partial charge is 0.247 e. The van der Waals surface area contributed by atoms with E-state index in [-0.39, 0.29) is 18.4 Å². The maximum Gasteiger partial charge on any atom is 0.247 e. The molecule has 0 aromatic heterocycles. The van der Waals surface area contributed by atoms with Crippen LogP contribution in [0.25, 0.3) is 6.08 Å². The SMILES string of the molecule is O=C1CN(C(=O)C=Cc2ccccc2)[C@@H](c2ccccc2)c2cc(Cl)ccc2N1. The van der Waals surface area contributed by atoms with Crippen LogP contribution in [0.3, 0.4) is 0 Å². The molecule has 1 aliphatic rings. The summed E-state index contributed by atoms with van der Waals surface area (Å²) >= 11 is 6.26. The molecule has 1 N–H and O–H groups in total. The second-order valence-electron chi connectivity index (χ2n) is 6.80. The number of nitrogens with one attached hydrogen (secondary N) is 1. The van der Waals surface area contributed by atoms with Crippen LogP contribution in [0.4, 0.5) is 5.69 Å². The van der Waals surface area contributed by atoms with Gasteiger partial charge in [-0.3, -0.25) is 9.59 Å². The molecule has 3 aromatic carbocycles. The monoisotopic (exact) mass is 402 g/mol. The predicted molar refractivity (Wildman–Crippen MR) is 116 cm³/mol. The topological polar surface area (TPSA) is 49.4 Å². The Bertz CT molecular complexity index is 1060. The lowest BCUT2D eigenvalue weighted by Crippen LogP contribution is -2.38. The second kappa shape index (κ2) is 8.33. The molecule has 2 amide bonds. The summed E-state index contributed by atoms with van der Waals surface area (Å²) in [6.45, 7) is -0.0518. The van der Waals surface area contributed by atoms with E-state index in [1.54, 1.807) is 29.2 Å². The number of hydrogen-bond acceptors (Lipinski definition) is 2. The maximum absolute atomic E-state index is 13.2. The standard InChI is InChI=1S/C24H19ClN2O2/c25-19-12-13-21-20(15-19)24(18-9-5-2-6-10-18)27(16-22(28)26-21)23(29)14-11-17-7-3-1-4-8-17/h1-15,24H,16H2,(H,26,28)/t24-/m0/s1. The number of carbonyl (C=O) groups excluding carboxylic acids is 2. The quantitative estimate of drug-likeness (QED) is 0.632. The van der Waals surface area contributed by atoms with Gasteiger partial charge in [-0.1, -0.05) is 72.3 Å². The number of rotatable bonds is 3. The molecule has 1 atom stereocenters. The Kier molecular flexibility index (Phi) is 5.45. The second-order valence-corrected chi connectivity index (χ2v) is 7.24. The predicted octanol–water partition coefficient (Wildman–Crippen LogP) is 4.92. The van der Waals surface area contributed by atoms with Crippen molar-refractivity contribution in [3.8, 4) is 0 Å². The highest BCUT2D eigenvalue weighted by Crippen LogP contribution is 2.37. The molecular formula is C24H19ClN2O2. The van der Waals surface area contributed by atoms with Crippen LogP contribution in [-0.4, -0.2) is 23.3 Å². The first-order chi connectivity index (χ1) is 14.1. The fraction of sp³-hybridized carbons (Fsp3) is 0.0833. The van der Waals surface area contributed by atoms with Gasteiger partial charge in [-0.15, -0.1) is 0 Å². The van der Waals surface area contributed by atoms with Crippen molar-refractivity contribution < 1.29 is 9.59 Å². The molecule has 0 unspecified atom stereocenters. The first kappa shape index (κ1) is 19.0. The first-order valence-electron chi connectivity index (χ1n) is 9.30. The summed E-state index contributed by atoms with van der Waals surface area (Å²) in [5, 5.41) is 3.44. The van der Waals surface area contributed by atoms with Crippen LogP contribution in [0.2, 0.25) is 5.02 Å². The maximum atomic E-state index is 13.2. The van der Waals surface area contributed by atoms with Crippen molar-refractivity contribution in [2.45, 2.75) is 6.04 Å². The lowest BCUT2D eigenvalue weighted by atomic mass is 9.95. The van der Waals surface area contributed by atoms with Gasteiger partial charge in [0.05, 0.1) is 6.04 Å². The summed E-state index contributed by atoms with van der Waals surface area (Å²) in [7, 11) is 0. The molecule has 5 heteroatoms. The van der Waals surface area contributed by atoms with Crippen LogP contribution in [0.15, 0.2) is 84.9 Å². The van der Waals surface area contributed by atoms with Crippen LogP contribution in [0.5, 0.6) is 0 Å². The zero-order chi connectivity index (χ0) is 20.2. The fourth-order valence-corrected chi connectivity index (χ4v) is 3.69. The highest BCUT2D eigenvalue weighted by molar-refractivity contribution is 6.30. The molecule has 0 radical (unpaired) electrons. The van der Waals surface area contributed by atoms with Crippen LogP contribution in [0.1, 0.15) is 22.7 Å². The Morgan fingerprint density at radius 3 is 2.41 bits per heavy atom. The van der Waals surface area contributed by atoms with Crippen LogP contribution in [-0.2, 0) is 9.59 Å². The van der Waals surface area contributed by atoms with Gasteiger partial charge in [-0.2, -0.15) is 0 Å². The number of hydrogen-bond donors (Lipinski definition) is 1. The van der Waals surface area contributed by atoms with Gasteiger partial charge < -0.3 is 10.2 Å². The van der Waals surface area contributed by atoms with Gasteiger partial charge in [0.1, 0.15) is 6.54 Å². The highest BCUT2D eigenvalue weighted by atomic mass is 35.5. The van der Waals surface area contributed by atoms with Crippen LogP contribution in [0, 0.1) is 0 Å². The largest absolute Gasteiger partial charge is 0.324 e. The summed E-state index contributed by atoms with van der Waals surface area (Å²) in [6, 6.07) is 24.1. The molecule has 29 heavy (non-hydrogen) atoms. The van der Waals surface area contributed by atoms with E-state index in [0.717, 1.165) is 16.7 Å². The molecule has 1 aliphatic heterocycles. The summed E-state index contributed by atoms with van der Waals surface area (Å²) in [6.07, 6.45) is 3.26. The molecular weight excluding hydrogens is 384 g/mol. The number of anilines is 1. The Hall–Kier alpha value is -3.37. The first-order valence-corrected chi connectivity index (χ1v) is 9.67. The molecule has 0 aliphatic carbocycles. The number of fused-ring (bicyclic) bond motifs is 1. The number of carbonyl (C=O) groups is 2. The van der Waals surface area contributed by atoms with Crippen molar-refractivity contribution in [3.63, 3.8) is 0 Å². The summed E-state index contributed by atoms with van der Waals surface area (Å²) in [5.74, 6) is -0.487. The Balaban J connectivity index is 1.78. The average molecular weight is 403 g/mol. The number of amides is 2. The van der Waals surface area contributed by atoms with E-state index >= 15 is 0 Å². The molecule has 0 spiro atoms. The normalized spacial score (nSPS) is 16.2. The number of nitrogens with zero attached hydrogens (tertiary/aromatic N) is 1. The van der Waals surface area contributed by atoms with E-state index in [0.29, 0.717) is 10.7 Å². The summed E-state index contributed by atoms with van der Waals surface area (Å²) in [5.41, 5.74) is 3.28. The van der Waals surface area contributed by atoms with E-state index in [1.807, 2.05) is 60.7 Å². The highest BCUT2D eigenvalue weighted by Gasteiger charge is 2.32. The molecule has 4 rings (SSSR count). The molecule has 0 fully saturated rings. The van der Waals surface area contributed by atoms with Crippen molar-refractivity contribution >= 4 is 35.2 Å². The molecule has 1 heterocycles. The number of benzene rings is 3. The molecule has 0 saturated heterocycles. The minimum absolute atomic E-state index is 0.0518. The summed E-state index contributed by atoms with van der Waals surface area (Å²) < 4.78 is 0. The van der Waals surface area contributed by atoms with Gasteiger partial charge in [-0.05, 0) is 35.4 Å². The van der Waals surface area contributed by atoms with Gasteiger partial charge in [0.25, 0.3) is 0 Å². The van der Waals surface area contributed by atoms with E-state index < -0.39 is 6.04 Å². The van der Waals surface area contributed by atoms with Crippen molar-refractivity contribution in [2.75, 3.05) is 11.9 Å². The zero-order valence-corrected chi connectivity index (χ0v) is 16.3. The zero-order valence-electron chi connectivity index (χ0n) is 15.6. The fourth-order valence-electron chi connectivity index (χ4n) is 3.50. The van der Waals surface area contributed by atoms with Crippen molar-refractivity contribution in [2.24, 2.45) is 0 Å². The van der Waals surface area contributed by atoms with Gasteiger partial charge >= 0.3 is 0 Å². The Morgan fingerprint density at radius 1 is 1.00 bits per heavy atom. The third kappa shape index (κ3) is 4.23. The minimum Gasteiger partial charge on any atom is -0.324 e. The molecule has 0 saturated carbocycles. The lowest BCUT2D eigenvalue weighted by Gasteiger charge is -2.29. The third-order valence-corrected chi connectivity index (χ3v) is 5.06. The number of halogens is 1. The lowest BCUT2D eigenvalue weighted by molar-refractivity contribution is -0.131.